The zero-order chi connectivity index (χ0) is 22.4. The van der Waals surface area contributed by atoms with Gasteiger partial charge in [-0.25, -0.2) is 9.18 Å². The molecular formula is C23H21FO7. The van der Waals surface area contributed by atoms with Crippen molar-refractivity contribution in [2.24, 2.45) is 0 Å². The summed E-state index contributed by atoms with van der Waals surface area (Å²) in [4.78, 5) is 37.3. The molecule has 0 saturated heterocycles. The number of methoxy groups -OCH3 is 1. The Balaban J connectivity index is 1.92. The Bertz CT molecular complexity index is 1130. The number of carbonyl (C=O) groups excluding carboxylic acids is 2. The number of esters is 1. The van der Waals surface area contributed by atoms with E-state index in [-0.39, 0.29) is 23.9 Å². The lowest BCUT2D eigenvalue weighted by Crippen LogP contribution is -2.17. The van der Waals surface area contributed by atoms with Gasteiger partial charge < -0.3 is 18.3 Å². The van der Waals surface area contributed by atoms with Gasteiger partial charge >= 0.3 is 5.97 Å². The molecule has 2 aromatic heterocycles. The highest BCUT2D eigenvalue weighted by Crippen LogP contribution is 2.23. The molecule has 0 bridgehead atoms. The summed E-state index contributed by atoms with van der Waals surface area (Å²) in [6.45, 7) is 2.15. The zero-order valence-electron chi connectivity index (χ0n) is 17.1. The van der Waals surface area contributed by atoms with Gasteiger partial charge in [0.2, 0.25) is 22.7 Å². The molecule has 0 fully saturated rings. The first kappa shape index (κ1) is 22.0. The number of halogens is 1. The molecule has 0 spiro atoms. The minimum absolute atomic E-state index is 0.0948. The molecule has 0 saturated carbocycles. The number of ketones is 1. The summed E-state index contributed by atoms with van der Waals surface area (Å²) in [5.41, 5.74) is 0.113. The average molecular weight is 428 g/mol. The van der Waals surface area contributed by atoms with Gasteiger partial charge in [0.15, 0.2) is 5.76 Å². The fraction of sp³-hybridized carbons (Fsp3) is 0.261. The molecule has 0 unspecified atom stereocenters. The van der Waals surface area contributed by atoms with Crippen molar-refractivity contribution in [2.75, 3.05) is 13.7 Å². The Kier molecular flexibility index (Phi) is 7.02. The van der Waals surface area contributed by atoms with Crippen molar-refractivity contribution < 1.29 is 32.3 Å². The number of carbonyl (C=O) groups is 2. The summed E-state index contributed by atoms with van der Waals surface area (Å²) < 4.78 is 34.1. The van der Waals surface area contributed by atoms with Crippen LogP contribution in [-0.2, 0) is 11.2 Å². The molecular weight excluding hydrogens is 407 g/mol. The Labute approximate surface area is 177 Å². The van der Waals surface area contributed by atoms with Crippen LogP contribution in [0.3, 0.4) is 0 Å². The number of hydrogen-bond donors (Lipinski definition) is 0. The van der Waals surface area contributed by atoms with E-state index < -0.39 is 28.7 Å². The molecule has 7 nitrogen and oxygen atoms in total. The van der Waals surface area contributed by atoms with Gasteiger partial charge in [-0.15, -0.1) is 0 Å². The second-order valence-corrected chi connectivity index (χ2v) is 6.73. The summed E-state index contributed by atoms with van der Waals surface area (Å²) in [6.07, 6.45) is 1.81. The highest BCUT2D eigenvalue weighted by molar-refractivity contribution is 6.07. The monoisotopic (exact) mass is 428 g/mol. The van der Waals surface area contributed by atoms with Crippen LogP contribution in [0.4, 0.5) is 4.39 Å². The molecule has 0 aliphatic heterocycles. The van der Waals surface area contributed by atoms with Crippen molar-refractivity contribution in [3.63, 3.8) is 0 Å². The second kappa shape index (κ2) is 9.88. The van der Waals surface area contributed by atoms with Crippen LogP contribution in [0.2, 0.25) is 0 Å². The summed E-state index contributed by atoms with van der Waals surface area (Å²) in [7, 11) is 1.13. The Hall–Kier alpha value is -3.68. The van der Waals surface area contributed by atoms with Gasteiger partial charge in [-0.1, -0.05) is 25.5 Å². The lowest BCUT2D eigenvalue weighted by molar-refractivity contribution is 0.0558. The molecule has 2 heterocycles. The number of unbranched alkanes of at least 4 members (excludes halogenated alkanes) is 1. The van der Waals surface area contributed by atoms with Gasteiger partial charge in [0, 0.05) is 12.5 Å². The minimum atomic E-state index is -0.900. The van der Waals surface area contributed by atoms with Crippen LogP contribution in [0.25, 0.3) is 0 Å². The van der Waals surface area contributed by atoms with Crippen LogP contribution in [0.15, 0.2) is 56.1 Å². The van der Waals surface area contributed by atoms with E-state index in [2.05, 4.69) is 4.74 Å². The number of ether oxygens (including phenoxy) is 2. The second-order valence-electron chi connectivity index (χ2n) is 6.73. The molecule has 3 aromatic rings. The van der Waals surface area contributed by atoms with Crippen LogP contribution in [0, 0.1) is 5.82 Å². The van der Waals surface area contributed by atoms with E-state index in [1.165, 1.54) is 18.2 Å². The van der Waals surface area contributed by atoms with Crippen LogP contribution in [0.5, 0.6) is 5.75 Å². The fourth-order valence-corrected chi connectivity index (χ4v) is 2.80. The average Bonchev–Trinajstić information content (AvgIpc) is 3.23. The molecule has 1 aromatic carbocycles. The predicted molar refractivity (Wildman–Crippen MR) is 108 cm³/mol. The maximum absolute atomic E-state index is 13.1. The first-order valence-corrected chi connectivity index (χ1v) is 9.70. The maximum atomic E-state index is 13.1. The molecule has 0 amide bonds. The van der Waals surface area contributed by atoms with Gasteiger partial charge in [-0.2, -0.15) is 0 Å². The van der Waals surface area contributed by atoms with E-state index in [1.807, 2.05) is 6.92 Å². The standard InChI is InChI=1S/C23H21FO7/c1-3-4-11-29-21-17(25)13-19(23(27)28-2)31-22(21)20(26)18-10-9-16(30-18)12-14-5-7-15(24)8-6-14/h5-10,13H,3-4,11-12H2,1-2H3. The van der Waals surface area contributed by atoms with Gasteiger partial charge in [-0.05, 0) is 36.2 Å². The number of benzene rings is 1. The Morgan fingerprint density at radius 2 is 1.77 bits per heavy atom. The van der Waals surface area contributed by atoms with Crippen molar-refractivity contribution in [1.82, 2.24) is 0 Å². The molecule has 0 atom stereocenters. The van der Waals surface area contributed by atoms with E-state index >= 15 is 0 Å². The Morgan fingerprint density at radius 3 is 2.45 bits per heavy atom. The number of furan rings is 1. The SMILES string of the molecule is CCCCOc1c(C(=O)c2ccc(Cc3ccc(F)cc3)o2)oc(C(=O)OC)cc1=O. The molecule has 0 aliphatic carbocycles. The van der Waals surface area contributed by atoms with Gasteiger partial charge in [0.25, 0.3) is 5.78 Å². The summed E-state index contributed by atoms with van der Waals surface area (Å²) in [6, 6.07) is 9.83. The third kappa shape index (κ3) is 5.28. The fourth-order valence-electron chi connectivity index (χ4n) is 2.80. The first-order valence-electron chi connectivity index (χ1n) is 9.70. The largest absolute Gasteiger partial charge is 0.486 e. The lowest BCUT2D eigenvalue weighted by Gasteiger charge is -2.09. The molecule has 0 radical (unpaired) electrons. The summed E-state index contributed by atoms with van der Waals surface area (Å²) in [5.74, 6) is -2.79. The number of hydrogen-bond acceptors (Lipinski definition) is 7. The first-order chi connectivity index (χ1) is 14.9. The lowest BCUT2D eigenvalue weighted by atomic mass is 10.1. The van der Waals surface area contributed by atoms with Crippen LogP contribution in [0.1, 0.15) is 58.0 Å². The van der Waals surface area contributed by atoms with Crippen LogP contribution < -0.4 is 10.2 Å². The van der Waals surface area contributed by atoms with Crippen LogP contribution >= 0.6 is 0 Å². The zero-order valence-corrected chi connectivity index (χ0v) is 17.1. The molecule has 162 valence electrons. The van der Waals surface area contributed by atoms with E-state index in [4.69, 9.17) is 13.6 Å². The molecule has 3 rings (SSSR count). The topological polar surface area (TPSA) is 96.0 Å². The normalized spacial score (nSPS) is 10.7. The quantitative estimate of drug-likeness (QED) is 0.287. The third-order valence-electron chi connectivity index (χ3n) is 4.42. The van der Waals surface area contributed by atoms with E-state index in [0.717, 1.165) is 25.2 Å². The van der Waals surface area contributed by atoms with Crippen molar-refractivity contribution in [2.45, 2.75) is 26.2 Å². The van der Waals surface area contributed by atoms with Crippen molar-refractivity contribution >= 4 is 11.8 Å². The third-order valence-corrected chi connectivity index (χ3v) is 4.42. The van der Waals surface area contributed by atoms with Crippen LogP contribution in [-0.4, -0.2) is 25.5 Å². The summed E-state index contributed by atoms with van der Waals surface area (Å²) in [5, 5.41) is 0. The van der Waals surface area contributed by atoms with Gasteiger partial charge in [0.05, 0.1) is 13.7 Å². The molecule has 0 N–H and O–H groups in total. The number of rotatable bonds is 9. The predicted octanol–water partition coefficient (Wildman–Crippen LogP) is 4.16. The van der Waals surface area contributed by atoms with Crippen molar-refractivity contribution in [3.8, 4) is 5.75 Å². The van der Waals surface area contributed by atoms with E-state index in [1.54, 1.807) is 18.2 Å². The van der Waals surface area contributed by atoms with Crippen molar-refractivity contribution in [1.29, 1.82) is 0 Å². The summed E-state index contributed by atoms with van der Waals surface area (Å²) >= 11 is 0. The van der Waals surface area contributed by atoms with E-state index in [9.17, 15) is 18.8 Å². The maximum Gasteiger partial charge on any atom is 0.374 e. The Morgan fingerprint density at radius 1 is 1.03 bits per heavy atom. The highest BCUT2D eigenvalue weighted by Gasteiger charge is 2.26. The molecule has 0 aliphatic rings. The molecule has 31 heavy (non-hydrogen) atoms. The van der Waals surface area contributed by atoms with Gasteiger partial charge in [0.1, 0.15) is 11.6 Å². The smallest absolute Gasteiger partial charge is 0.374 e. The van der Waals surface area contributed by atoms with Gasteiger partial charge in [-0.3, -0.25) is 9.59 Å². The minimum Gasteiger partial charge on any atom is -0.486 e. The molecule has 8 heteroatoms. The van der Waals surface area contributed by atoms with E-state index in [0.29, 0.717) is 18.6 Å². The highest BCUT2D eigenvalue weighted by atomic mass is 19.1. The van der Waals surface area contributed by atoms with Crippen molar-refractivity contribution in [3.05, 3.63) is 87.1 Å².